The van der Waals surface area contributed by atoms with E-state index in [1.807, 2.05) is 13.8 Å². The fourth-order valence-corrected chi connectivity index (χ4v) is 2.06. The minimum Gasteiger partial charge on any atom is -0.493 e. The van der Waals surface area contributed by atoms with E-state index >= 15 is 0 Å². The highest BCUT2D eigenvalue weighted by molar-refractivity contribution is 5.75. The molecule has 0 unspecified atom stereocenters. The number of carbonyl (C=O) groups is 1. The van der Waals surface area contributed by atoms with Crippen molar-refractivity contribution in [3.05, 3.63) is 27.8 Å². The van der Waals surface area contributed by atoms with Gasteiger partial charge in [-0.15, -0.1) is 0 Å². The van der Waals surface area contributed by atoms with E-state index in [1.165, 1.54) is 26.4 Å². The Morgan fingerprint density at radius 3 is 2.30 bits per heavy atom. The Morgan fingerprint density at radius 2 is 1.83 bits per heavy atom. The summed E-state index contributed by atoms with van der Waals surface area (Å²) in [7, 11) is 2.80. The van der Waals surface area contributed by atoms with Gasteiger partial charge >= 0.3 is 5.97 Å². The van der Waals surface area contributed by atoms with E-state index in [-0.39, 0.29) is 29.5 Å². The molecule has 8 heteroatoms. The van der Waals surface area contributed by atoms with Crippen LogP contribution in [-0.4, -0.2) is 31.2 Å². The predicted octanol–water partition coefficient (Wildman–Crippen LogP) is 2.03. The highest BCUT2D eigenvalue weighted by atomic mass is 16.6. The molecular formula is C15H22N2O6. The molecule has 0 aliphatic carbocycles. The van der Waals surface area contributed by atoms with Crippen LogP contribution in [-0.2, 0) is 16.1 Å². The average molecular weight is 326 g/mol. The van der Waals surface area contributed by atoms with Crippen LogP contribution in [0.3, 0.4) is 0 Å². The molecule has 1 aromatic carbocycles. The topological polar surface area (TPSA) is 114 Å². The van der Waals surface area contributed by atoms with Crippen molar-refractivity contribution in [1.29, 1.82) is 0 Å². The minimum atomic E-state index is -0.755. The molecule has 0 aliphatic heterocycles. The van der Waals surface area contributed by atoms with Crippen molar-refractivity contribution < 1.29 is 23.9 Å². The largest absolute Gasteiger partial charge is 0.493 e. The van der Waals surface area contributed by atoms with E-state index in [9.17, 15) is 14.9 Å². The number of hydrogen-bond donors (Lipinski definition) is 1. The molecular weight excluding hydrogens is 304 g/mol. The summed E-state index contributed by atoms with van der Waals surface area (Å²) in [4.78, 5) is 22.4. The van der Waals surface area contributed by atoms with E-state index in [1.54, 1.807) is 0 Å². The number of rotatable bonds is 8. The number of nitro groups is 1. The summed E-state index contributed by atoms with van der Waals surface area (Å²) in [6.07, 6.45) is 0.479. The maximum absolute atomic E-state index is 11.8. The summed E-state index contributed by atoms with van der Waals surface area (Å²) >= 11 is 0. The van der Waals surface area contributed by atoms with Gasteiger partial charge < -0.3 is 19.9 Å². The molecule has 1 aromatic rings. The highest BCUT2D eigenvalue weighted by Gasteiger charge is 2.22. The number of nitro benzene ring substituents is 1. The second-order valence-electron chi connectivity index (χ2n) is 5.44. The Bertz CT molecular complexity index is 573. The van der Waals surface area contributed by atoms with Crippen molar-refractivity contribution in [2.45, 2.75) is 32.9 Å². The number of esters is 1. The lowest BCUT2D eigenvalue weighted by Gasteiger charge is -2.14. The van der Waals surface area contributed by atoms with Crippen LogP contribution in [0.4, 0.5) is 5.69 Å². The van der Waals surface area contributed by atoms with Crippen molar-refractivity contribution in [1.82, 2.24) is 0 Å². The Morgan fingerprint density at radius 1 is 1.26 bits per heavy atom. The van der Waals surface area contributed by atoms with Gasteiger partial charge in [0, 0.05) is 0 Å². The third-order valence-electron chi connectivity index (χ3n) is 3.18. The Labute approximate surface area is 134 Å². The molecule has 0 saturated carbocycles. The standard InChI is InChI=1S/C15H22N2O6/c1-9(2)5-11(16)15(18)23-8-10-6-13(21-3)14(22-4)7-12(10)17(19)20/h6-7,9,11H,5,8,16H2,1-4H3/t11-/m0/s1. The van der Waals surface area contributed by atoms with Gasteiger partial charge in [0.25, 0.3) is 5.69 Å². The van der Waals surface area contributed by atoms with Crippen molar-refractivity contribution in [2.24, 2.45) is 11.7 Å². The van der Waals surface area contributed by atoms with Crippen molar-refractivity contribution in [2.75, 3.05) is 14.2 Å². The molecule has 0 heterocycles. The zero-order valence-electron chi connectivity index (χ0n) is 13.7. The van der Waals surface area contributed by atoms with Gasteiger partial charge in [0.2, 0.25) is 0 Å². The zero-order valence-corrected chi connectivity index (χ0v) is 13.7. The fourth-order valence-electron chi connectivity index (χ4n) is 2.06. The Kier molecular flexibility index (Phi) is 6.77. The maximum atomic E-state index is 11.8. The van der Waals surface area contributed by atoms with Gasteiger partial charge in [-0.25, -0.2) is 0 Å². The van der Waals surface area contributed by atoms with Crippen molar-refractivity contribution in [3.63, 3.8) is 0 Å². The van der Waals surface area contributed by atoms with Crippen molar-refractivity contribution in [3.8, 4) is 11.5 Å². The normalized spacial score (nSPS) is 11.9. The van der Waals surface area contributed by atoms with Gasteiger partial charge in [0.15, 0.2) is 11.5 Å². The van der Waals surface area contributed by atoms with E-state index in [0.717, 1.165) is 0 Å². The number of nitrogens with two attached hydrogens (primary N) is 1. The molecule has 1 rings (SSSR count). The van der Waals surface area contributed by atoms with E-state index in [2.05, 4.69) is 0 Å². The number of nitrogens with zero attached hydrogens (tertiary/aromatic N) is 1. The summed E-state index contributed by atoms with van der Waals surface area (Å²) in [6.45, 7) is 3.61. The van der Waals surface area contributed by atoms with Gasteiger partial charge in [-0.2, -0.15) is 0 Å². The first-order chi connectivity index (χ1) is 10.8. The van der Waals surface area contributed by atoms with Crippen LogP contribution in [0.15, 0.2) is 12.1 Å². The molecule has 128 valence electrons. The molecule has 0 radical (unpaired) electrons. The number of carbonyl (C=O) groups excluding carboxylic acids is 1. The summed E-state index contributed by atoms with van der Waals surface area (Å²) in [5, 5.41) is 11.2. The lowest BCUT2D eigenvalue weighted by molar-refractivity contribution is -0.385. The third kappa shape index (κ3) is 5.10. The smallest absolute Gasteiger partial charge is 0.323 e. The van der Waals surface area contributed by atoms with E-state index in [4.69, 9.17) is 19.9 Å². The van der Waals surface area contributed by atoms with Gasteiger partial charge in [0.1, 0.15) is 12.6 Å². The van der Waals surface area contributed by atoms with Crippen LogP contribution >= 0.6 is 0 Å². The van der Waals surface area contributed by atoms with Gasteiger partial charge in [-0.05, 0) is 18.4 Å². The molecule has 23 heavy (non-hydrogen) atoms. The van der Waals surface area contributed by atoms with Crippen molar-refractivity contribution >= 4 is 11.7 Å². The van der Waals surface area contributed by atoms with Crippen LogP contribution < -0.4 is 15.2 Å². The molecule has 0 fully saturated rings. The van der Waals surface area contributed by atoms with Crippen LogP contribution in [0.2, 0.25) is 0 Å². The molecule has 0 spiro atoms. The monoisotopic (exact) mass is 326 g/mol. The quantitative estimate of drug-likeness (QED) is 0.441. The van der Waals surface area contributed by atoms with Gasteiger partial charge in [0.05, 0.1) is 30.8 Å². The lowest BCUT2D eigenvalue weighted by atomic mass is 10.1. The minimum absolute atomic E-state index is 0.206. The SMILES string of the molecule is COc1cc(COC(=O)[C@@H](N)CC(C)C)c([N+](=O)[O-])cc1OC. The van der Waals surface area contributed by atoms with Crippen LogP contribution in [0.5, 0.6) is 11.5 Å². The van der Waals surface area contributed by atoms with E-state index < -0.39 is 16.9 Å². The van der Waals surface area contributed by atoms with Crippen LogP contribution in [0, 0.1) is 16.0 Å². The molecule has 8 nitrogen and oxygen atoms in total. The summed E-state index contributed by atoms with van der Waals surface area (Å²) < 4.78 is 15.2. The molecule has 0 saturated heterocycles. The first kappa shape index (κ1) is 18.7. The van der Waals surface area contributed by atoms with Crippen LogP contribution in [0.1, 0.15) is 25.8 Å². The lowest BCUT2D eigenvalue weighted by Crippen LogP contribution is -2.33. The molecule has 2 N–H and O–H groups in total. The average Bonchev–Trinajstić information content (AvgIpc) is 2.50. The second kappa shape index (κ2) is 8.33. The Balaban J connectivity index is 2.94. The van der Waals surface area contributed by atoms with Gasteiger partial charge in [-0.3, -0.25) is 14.9 Å². The maximum Gasteiger partial charge on any atom is 0.323 e. The number of methoxy groups -OCH3 is 2. The summed E-state index contributed by atoms with van der Waals surface area (Å²) in [6, 6.07) is 1.89. The molecule has 0 amide bonds. The van der Waals surface area contributed by atoms with Crippen LogP contribution in [0.25, 0.3) is 0 Å². The number of benzene rings is 1. The first-order valence-electron chi connectivity index (χ1n) is 7.11. The highest BCUT2D eigenvalue weighted by Crippen LogP contribution is 2.34. The summed E-state index contributed by atoms with van der Waals surface area (Å²) in [5.41, 5.74) is 5.72. The Hall–Kier alpha value is -2.35. The zero-order chi connectivity index (χ0) is 17.6. The first-order valence-corrected chi connectivity index (χ1v) is 7.11. The van der Waals surface area contributed by atoms with E-state index in [0.29, 0.717) is 12.2 Å². The molecule has 0 bridgehead atoms. The molecule has 1 atom stereocenters. The molecule has 0 aromatic heterocycles. The predicted molar refractivity (Wildman–Crippen MR) is 83.4 cm³/mol. The third-order valence-corrected chi connectivity index (χ3v) is 3.18. The number of ether oxygens (including phenoxy) is 3. The summed E-state index contributed by atoms with van der Waals surface area (Å²) in [5.74, 6) is 0.192. The molecule has 0 aliphatic rings. The number of hydrogen-bond acceptors (Lipinski definition) is 7. The second-order valence-corrected chi connectivity index (χ2v) is 5.44. The fraction of sp³-hybridized carbons (Fsp3) is 0.533. The van der Waals surface area contributed by atoms with Gasteiger partial charge in [-0.1, -0.05) is 13.8 Å².